The molecule has 2 amide bonds. The molecule has 0 radical (unpaired) electrons. The third kappa shape index (κ3) is 5.89. The van der Waals surface area contributed by atoms with Crippen LogP contribution in [0.25, 0.3) is 0 Å². The number of hydrogen-bond acceptors (Lipinski definition) is 5. The minimum absolute atomic E-state index is 0.00676. The van der Waals surface area contributed by atoms with E-state index < -0.39 is 28.8 Å². The minimum Gasteiger partial charge on any atom is -0.467 e. The molecule has 0 aliphatic carbocycles. The molecule has 4 rings (SSSR count). The van der Waals surface area contributed by atoms with Crippen LogP contribution in [0.1, 0.15) is 29.4 Å². The van der Waals surface area contributed by atoms with Gasteiger partial charge < -0.3 is 9.73 Å². The van der Waals surface area contributed by atoms with Crippen molar-refractivity contribution in [3.05, 3.63) is 100.0 Å². The Morgan fingerprint density at radius 1 is 1.14 bits per heavy atom. The first-order chi connectivity index (χ1) is 17.7. The predicted molar refractivity (Wildman–Crippen MR) is 133 cm³/mol. The third-order valence-electron chi connectivity index (χ3n) is 5.79. The smallest absolute Gasteiger partial charge is 0.416 e. The molecule has 10 heteroatoms. The van der Waals surface area contributed by atoms with Gasteiger partial charge in [0.15, 0.2) is 0 Å². The van der Waals surface area contributed by atoms with Gasteiger partial charge in [0.1, 0.15) is 22.4 Å². The Bertz CT molecular complexity index is 1360. The van der Waals surface area contributed by atoms with Crippen LogP contribution >= 0.6 is 11.8 Å². The molecule has 0 spiro atoms. The number of aryl methyl sites for hydroxylation is 1. The Labute approximate surface area is 215 Å². The summed E-state index contributed by atoms with van der Waals surface area (Å²) in [5.41, 5.74) is 0.742. The van der Waals surface area contributed by atoms with Gasteiger partial charge in [0.05, 0.1) is 23.6 Å². The van der Waals surface area contributed by atoms with Crippen molar-refractivity contribution < 1.29 is 27.2 Å². The van der Waals surface area contributed by atoms with Gasteiger partial charge in [-0.3, -0.25) is 14.5 Å². The molecule has 1 fully saturated rings. The maximum absolute atomic E-state index is 13.5. The maximum Gasteiger partial charge on any atom is 0.416 e. The molecule has 6 nitrogen and oxygen atoms in total. The van der Waals surface area contributed by atoms with Crippen LogP contribution in [0.4, 0.5) is 18.9 Å². The number of anilines is 1. The lowest BCUT2D eigenvalue weighted by molar-refractivity contribution is -0.137. The van der Waals surface area contributed by atoms with Crippen LogP contribution in [-0.4, -0.2) is 17.1 Å². The topological polar surface area (TPSA) is 86.3 Å². The van der Waals surface area contributed by atoms with Crippen LogP contribution in [0.3, 0.4) is 0 Å². The van der Waals surface area contributed by atoms with E-state index in [1.54, 1.807) is 24.3 Å². The normalized spacial score (nSPS) is 17.0. The number of thioether (sulfide) groups is 1. The van der Waals surface area contributed by atoms with Gasteiger partial charge in [0, 0.05) is 5.69 Å². The van der Waals surface area contributed by atoms with E-state index in [-0.39, 0.29) is 23.6 Å². The molecule has 1 saturated heterocycles. The van der Waals surface area contributed by atoms with Crippen molar-refractivity contribution in [2.24, 2.45) is 0 Å². The first-order valence-corrected chi connectivity index (χ1v) is 12.3. The fourth-order valence-corrected chi connectivity index (χ4v) is 5.17. The van der Waals surface area contributed by atoms with Crippen LogP contribution in [0.2, 0.25) is 0 Å². The molecule has 1 atom stereocenters. The standard InChI is InChI=1S/C27H22F3N3O3S/c1-2-17-8-10-20(11-9-17)33-25(35)23(14-18-5-3-6-19(13-18)27(28,29)30)37-26(33)22(15-31)24(34)32-16-21-7-4-12-36-21/h3-13,23H,2,14,16H2,1H3,(H,32,34)/b26-22-. The number of halogens is 3. The highest BCUT2D eigenvalue weighted by Crippen LogP contribution is 2.42. The molecule has 0 saturated carbocycles. The number of amides is 2. The predicted octanol–water partition coefficient (Wildman–Crippen LogP) is 5.60. The summed E-state index contributed by atoms with van der Waals surface area (Å²) in [6.45, 7) is 2.03. The number of carbonyl (C=O) groups excluding carboxylic acids is 2. The molecule has 1 unspecified atom stereocenters. The van der Waals surface area contributed by atoms with Gasteiger partial charge in [-0.2, -0.15) is 18.4 Å². The van der Waals surface area contributed by atoms with E-state index in [4.69, 9.17) is 4.42 Å². The van der Waals surface area contributed by atoms with E-state index in [2.05, 4.69) is 5.32 Å². The van der Waals surface area contributed by atoms with Crippen LogP contribution in [-0.2, 0) is 35.2 Å². The number of benzene rings is 2. The second-order valence-corrected chi connectivity index (χ2v) is 9.45. The monoisotopic (exact) mass is 525 g/mol. The summed E-state index contributed by atoms with van der Waals surface area (Å²) in [4.78, 5) is 27.8. The van der Waals surface area contributed by atoms with Crippen LogP contribution in [0, 0.1) is 11.3 Å². The van der Waals surface area contributed by atoms with Gasteiger partial charge in [-0.25, -0.2) is 0 Å². The molecule has 190 valence electrons. The lowest BCUT2D eigenvalue weighted by Gasteiger charge is -2.19. The number of carbonyl (C=O) groups is 2. The number of nitriles is 1. The summed E-state index contributed by atoms with van der Waals surface area (Å²) < 4.78 is 44.8. The second kappa shape index (κ2) is 11.0. The second-order valence-electron chi connectivity index (χ2n) is 8.26. The fraction of sp³-hybridized carbons (Fsp3) is 0.222. The lowest BCUT2D eigenvalue weighted by atomic mass is 10.0. The molecule has 0 bridgehead atoms. The van der Waals surface area contributed by atoms with Crippen LogP contribution in [0.15, 0.2) is 81.9 Å². The zero-order valence-corrected chi connectivity index (χ0v) is 20.5. The van der Waals surface area contributed by atoms with Crippen molar-refractivity contribution in [1.29, 1.82) is 5.26 Å². The van der Waals surface area contributed by atoms with Gasteiger partial charge in [-0.05, 0) is 54.3 Å². The van der Waals surface area contributed by atoms with Crippen molar-refractivity contribution in [3.8, 4) is 6.07 Å². The highest BCUT2D eigenvalue weighted by molar-refractivity contribution is 8.05. The quantitative estimate of drug-likeness (QED) is 0.320. The zero-order chi connectivity index (χ0) is 26.6. The SMILES string of the molecule is CCc1ccc(N2C(=O)C(Cc3cccc(C(F)(F)F)c3)S/C2=C(/C#N)C(=O)NCc2ccco2)cc1. The largest absolute Gasteiger partial charge is 0.467 e. The van der Waals surface area contributed by atoms with Crippen molar-refractivity contribution in [1.82, 2.24) is 5.32 Å². The summed E-state index contributed by atoms with van der Waals surface area (Å²) in [6.07, 6.45) is -2.28. The molecule has 1 aromatic heterocycles. The highest BCUT2D eigenvalue weighted by atomic mass is 32.2. The lowest BCUT2D eigenvalue weighted by Crippen LogP contribution is -2.32. The van der Waals surface area contributed by atoms with E-state index in [0.29, 0.717) is 17.0 Å². The summed E-state index contributed by atoms with van der Waals surface area (Å²) in [5.74, 6) is -0.627. The van der Waals surface area contributed by atoms with Gasteiger partial charge in [-0.1, -0.05) is 49.0 Å². The van der Waals surface area contributed by atoms with E-state index >= 15 is 0 Å². The Kier molecular flexibility index (Phi) is 7.74. The molecule has 2 aromatic carbocycles. The molecule has 3 aromatic rings. The summed E-state index contributed by atoms with van der Waals surface area (Å²) in [5, 5.41) is 11.8. The number of furan rings is 1. The van der Waals surface area contributed by atoms with Crippen LogP contribution in [0.5, 0.6) is 0 Å². The maximum atomic E-state index is 13.5. The van der Waals surface area contributed by atoms with E-state index in [1.807, 2.05) is 25.1 Å². The van der Waals surface area contributed by atoms with Gasteiger partial charge in [0.25, 0.3) is 5.91 Å². The summed E-state index contributed by atoms with van der Waals surface area (Å²) >= 11 is 0.992. The first-order valence-electron chi connectivity index (χ1n) is 11.4. The highest BCUT2D eigenvalue weighted by Gasteiger charge is 2.41. The molecule has 1 aliphatic rings. The molecule has 2 heterocycles. The number of nitrogens with one attached hydrogen (secondary N) is 1. The van der Waals surface area contributed by atoms with Crippen molar-refractivity contribution in [3.63, 3.8) is 0 Å². The van der Waals surface area contributed by atoms with Gasteiger partial charge in [-0.15, -0.1) is 0 Å². The number of alkyl halides is 3. The van der Waals surface area contributed by atoms with E-state index in [9.17, 15) is 28.0 Å². The molecular weight excluding hydrogens is 503 g/mol. The number of nitrogens with zero attached hydrogens (tertiary/aromatic N) is 2. The Balaban J connectivity index is 1.68. The first kappa shape index (κ1) is 26.1. The summed E-state index contributed by atoms with van der Waals surface area (Å²) in [6, 6.07) is 17.2. The van der Waals surface area contributed by atoms with Crippen molar-refractivity contribution in [2.45, 2.75) is 37.7 Å². The summed E-state index contributed by atoms with van der Waals surface area (Å²) in [7, 11) is 0. The molecule has 37 heavy (non-hydrogen) atoms. The third-order valence-corrected chi connectivity index (χ3v) is 7.05. The molecular formula is C27H22F3N3O3S. The Hall–Kier alpha value is -3.97. The molecule has 1 aliphatic heterocycles. The van der Waals surface area contributed by atoms with Crippen LogP contribution < -0.4 is 10.2 Å². The van der Waals surface area contributed by atoms with E-state index in [0.717, 1.165) is 35.9 Å². The van der Waals surface area contributed by atoms with Crippen molar-refractivity contribution in [2.75, 3.05) is 4.90 Å². The average molecular weight is 526 g/mol. The van der Waals surface area contributed by atoms with Gasteiger partial charge in [0.2, 0.25) is 5.91 Å². The van der Waals surface area contributed by atoms with Gasteiger partial charge >= 0.3 is 6.18 Å². The number of hydrogen-bond donors (Lipinski definition) is 1. The average Bonchev–Trinajstić information content (AvgIpc) is 3.51. The fourth-order valence-electron chi connectivity index (χ4n) is 3.86. The Morgan fingerprint density at radius 2 is 1.89 bits per heavy atom. The van der Waals surface area contributed by atoms with Crippen molar-refractivity contribution >= 4 is 29.3 Å². The zero-order valence-electron chi connectivity index (χ0n) is 19.7. The minimum atomic E-state index is -4.51. The molecule has 1 N–H and O–H groups in total. The number of rotatable bonds is 7. The Morgan fingerprint density at radius 3 is 2.51 bits per heavy atom. The van der Waals surface area contributed by atoms with E-state index in [1.165, 1.54) is 23.3 Å².